The summed E-state index contributed by atoms with van der Waals surface area (Å²) in [5, 5.41) is 0. The maximum Gasteiger partial charge on any atom is 0.365 e. The minimum Gasteiger partial charge on any atom is -0.294 e. The zero-order valence-corrected chi connectivity index (χ0v) is 12.9. The lowest BCUT2D eigenvalue weighted by molar-refractivity contribution is -0.267. The van der Waals surface area contributed by atoms with Crippen LogP contribution in [0.25, 0.3) is 6.08 Å². The van der Waals surface area contributed by atoms with E-state index in [9.17, 15) is 4.79 Å². The summed E-state index contributed by atoms with van der Waals surface area (Å²) in [6.07, 6.45) is 11.6. The Labute approximate surface area is 127 Å². The second-order valence-corrected chi connectivity index (χ2v) is 5.09. The van der Waals surface area contributed by atoms with Gasteiger partial charge in [-0.05, 0) is 18.1 Å². The van der Waals surface area contributed by atoms with Gasteiger partial charge in [-0.15, -0.1) is 0 Å². The molecular formula is C18H26O3. The Balaban J connectivity index is 1.97. The molecule has 1 aromatic rings. The third-order valence-electron chi connectivity index (χ3n) is 3.18. The zero-order chi connectivity index (χ0) is 15.2. The second kappa shape index (κ2) is 12.2. The van der Waals surface area contributed by atoms with Gasteiger partial charge in [-0.2, -0.15) is 4.89 Å². The van der Waals surface area contributed by atoms with Gasteiger partial charge in [-0.25, -0.2) is 4.79 Å². The molecule has 0 fully saturated rings. The van der Waals surface area contributed by atoms with E-state index < -0.39 is 5.97 Å². The van der Waals surface area contributed by atoms with Crippen molar-refractivity contribution in [3.8, 4) is 0 Å². The monoisotopic (exact) mass is 290 g/mol. The topological polar surface area (TPSA) is 35.5 Å². The van der Waals surface area contributed by atoms with Gasteiger partial charge < -0.3 is 0 Å². The highest BCUT2D eigenvalue weighted by molar-refractivity contribution is 5.86. The summed E-state index contributed by atoms with van der Waals surface area (Å²) in [5.74, 6) is -0.471. The van der Waals surface area contributed by atoms with Crippen molar-refractivity contribution in [3.05, 3.63) is 42.0 Å². The van der Waals surface area contributed by atoms with Crippen molar-refractivity contribution in [2.75, 3.05) is 6.61 Å². The van der Waals surface area contributed by atoms with E-state index in [2.05, 4.69) is 11.8 Å². The van der Waals surface area contributed by atoms with Crippen LogP contribution >= 0.6 is 0 Å². The fraction of sp³-hybridized carbons (Fsp3) is 0.500. The Bertz CT molecular complexity index is 398. The minimum absolute atomic E-state index is 0.471. The quantitative estimate of drug-likeness (QED) is 0.251. The van der Waals surface area contributed by atoms with E-state index >= 15 is 0 Å². The Kier molecular flexibility index (Phi) is 10.1. The molecule has 0 saturated carbocycles. The minimum atomic E-state index is -0.471. The van der Waals surface area contributed by atoms with Crippen LogP contribution in [-0.2, 0) is 14.6 Å². The molecule has 0 saturated heterocycles. The molecule has 0 spiro atoms. The van der Waals surface area contributed by atoms with Crippen LogP contribution in [0.5, 0.6) is 0 Å². The first-order chi connectivity index (χ1) is 10.3. The van der Waals surface area contributed by atoms with Gasteiger partial charge in [-0.3, -0.25) is 4.89 Å². The molecule has 0 aromatic heterocycles. The van der Waals surface area contributed by atoms with Crippen molar-refractivity contribution in [2.24, 2.45) is 0 Å². The van der Waals surface area contributed by atoms with Crippen molar-refractivity contribution in [1.82, 2.24) is 0 Å². The maximum atomic E-state index is 11.4. The summed E-state index contributed by atoms with van der Waals surface area (Å²) in [7, 11) is 0. The van der Waals surface area contributed by atoms with Gasteiger partial charge in [-0.1, -0.05) is 75.8 Å². The Hall–Kier alpha value is -1.61. The van der Waals surface area contributed by atoms with E-state index in [1.54, 1.807) is 6.08 Å². The molecule has 1 rings (SSSR count). The van der Waals surface area contributed by atoms with Gasteiger partial charge in [0, 0.05) is 6.08 Å². The summed E-state index contributed by atoms with van der Waals surface area (Å²) in [5.41, 5.74) is 0.960. The highest BCUT2D eigenvalue weighted by atomic mass is 17.2. The lowest BCUT2D eigenvalue weighted by Crippen LogP contribution is -2.03. The highest BCUT2D eigenvalue weighted by Crippen LogP contribution is 2.07. The third kappa shape index (κ3) is 9.85. The molecule has 0 bridgehead atoms. The first-order valence-corrected chi connectivity index (χ1v) is 7.89. The lowest BCUT2D eigenvalue weighted by Gasteiger charge is -2.02. The summed E-state index contributed by atoms with van der Waals surface area (Å²) < 4.78 is 0. The van der Waals surface area contributed by atoms with Crippen molar-refractivity contribution in [2.45, 2.75) is 51.9 Å². The van der Waals surface area contributed by atoms with Crippen LogP contribution in [0.3, 0.4) is 0 Å². The van der Waals surface area contributed by atoms with Gasteiger partial charge in [0.15, 0.2) is 0 Å². The fourth-order valence-corrected chi connectivity index (χ4v) is 1.97. The van der Waals surface area contributed by atoms with Crippen LogP contribution in [0.1, 0.15) is 57.4 Å². The van der Waals surface area contributed by atoms with E-state index in [0.29, 0.717) is 6.61 Å². The molecule has 3 heteroatoms. The van der Waals surface area contributed by atoms with Crippen LogP contribution < -0.4 is 0 Å². The number of unbranched alkanes of at least 4 members (excludes halogenated alkanes) is 6. The van der Waals surface area contributed by atoms with Crippen molar-refractivity contribution in [1.29, 1.82) is 0 Å². The molecule has 0 heterocycles. The number of benzene rings is 1. The summed E-state index contributed by atoms with van der Waals surface area (Å²) in [6, 6.07) is 9.61. The molecule has 0 N–H and O–H groups in total. The van der Waals surface area contributed by atoms with Crippen molar-refractivity contribution < 1.29 is 14.6 Å². The molecule has 0 radical (unpaired) electrons. The van der Waals surface area contributed by atoms with Gasteiger partial charge in [0.2, 0.25) is 0 Å². The first kappa shape index (κ1) is 17.4. The molecule has 0 amide bonds. The van der Waals surface area contributed by atoms with Gasteiger partial charge in [0.25, 0.3) is 0 Å². The van der Waals surface area contributed by atoms with E-state index in [-0.39, 0.29) is 0 Å². The zero-order valence-electron chi connectivity index (χ0n) is 12.9. The first-order valence-electron chi connectivity index (χ1n) is 7.89. The van der Waals surface area contributed by atoms with Crippen molar-refractivity contribution >= 4 is 12.0 Å². The van der Waals surface area contributed by atoms with Crippen LogP contribution in [0.4, 0.5) is 0 Å². The normalized spacial score (nSPS) is 10.9. The molecule has 3 nitrogen and oxygen atoms in total. The lowest BCUT2D eigenvalue weighted by atomic mass is 10.1. The van der Waals surface area contributed by atoms with Crippen molar-refractivity contribution in [3.63, 3.8) is 0 Å². The number of hydrogen-bond acceptors (Lipinski definition) is 3. The van der Waals surface area contributed by atoms with Gasteiger partial charge in [0.05, 0.1) is 6.61 Å². The van der Waals surface area contributed by atoms with E-state index in [1.165, 1.54) is 38.2 Å². The molecule has 0 aliphatic rings. The largest absolute Gasteiger partial charge is 0.365 e. The van der Waals surface area contributed by atoms with Crippen LogP contribution in [-0.4, -0.2) is 12.6 Å². The highest BCUT2D eigenvalue weighted by Gasteiger charge is 1.98. The number of rotatable bonds is 11. The third-order valence-corrected chi connectivity index (χ3v) is 3.18. The Morgan fingerprint density at radius 2 is 1.67 bits per heavy atom. The maximum absolute atomic E-state index is 11.4. The van der Waals surface area contributed by atoms with Gasteiger partial charge >= 0.3 is 5.97 Å². The van der Waals surface area contributed by atoms with Crippen LogP contribution in [0, 0.1) is 0 Å². The van der Waals surface area contributed by atoms with Crippen LogP contribution in [0.2, 0.25) is 0 Å². The second-order valence-electron chi connectivity index (χ2n) is 5.09. The molecule has 1 aromatic carbocycles. The average molecular weight is 290 g/mol. The molecule has 21 heavy (non-hydrogen) atoms. The van der Waals surface area contributed by atoms with E-state index in [1.807, 2.05) is 30.3 Å². The number of carbonyl (C=O) groups excluding carboxylic acids is 1. The molecule has 0 aliphatic carbocycles. The predicted molar refractivity (Wildman–Crippen MR) is 85.5 cm³/mol. The predicted octanol–water partition coefficient (Wildman–Crippen LogP) is 4.93. The number of carbonyl (C=O) groups is 1. The van der Waals surface area contributed by atoms with E-state index in [4.69, 9.17) is 4.89 Å². The van der Waals surface area contributed by atoms with E-state index in [0.717, 1.165) is 18.4 Å². The smallest absolute Gasteiger partial charge is 0.294 e. The Morgan fingerprint density at radius 3 is 2.38 bits per heavy atom. The Morgan fingerprint density at radius 1 is 1.00 bits per heavy atom. The summed E-state index contributed by atoms with van der Waals surface area (Å²) >= 11 is 0. The molecule has 116 valence electrons. The molecule has 0 unspecified atom stereocenters. The van der Waals surface area contributed by atoms with Gasteiger partial charge in [0.1, 0.15) is 0 Å². The summed E-state index contributed by atoms with van der Waals surface area (Å²) in [4.78, 5) is 21.0. The molecule has 0 aliphatic heterocycles. The standard InChI is InChI=1S/C18H26O3/c1-2-3-4-5-6-7-11-16-20-21-18(19)15-14-17-12-9-8-10-13-17/h8-10,12-15H,2-7,11,16H2,1H3/b15-14+. The SMILES string of the molecule is CCCCCCCCCOOC(=O)/C=C/c1ccccc1. The van der Waals surface area contributed by atoms with Crippen LogP contribution in [0.15, 0.2) is 36.4 Å². The molecule has 0 atom stereocenters. The average Bonchev–Trinajstić information content (AvgIpc) is 2.52. The number of hydrogen-bond donors (Lipinski definition) is 0. The summed E-state index contributed by atoms with van der Waals surface area (Å²) in [6.45, 7) is 2.69. The fourth-order valence-electron chi connectivity index (χ4n) is 1.97. The molecular weight excluding hydrogens is 264 g/mol.